The molecule has 1 atom stereocenters. The van der Waals surface area contributed by atoms with Gasteiger partial charge in [0.2, 0.25) is 8.07 Å². The molecule has 0 spiro atoms. The van der Waals surface area contributed by atoms with E-state index in [9.17, 15) is 0 Å². The van der Waals surface area contributed by atoms with Crippen molar-refractivity contribution in [2.75, 3.05) is 0 Å². The Hall–Kier alpha value is -7.94. The van der Waals surface area contributed by atoms with E-state index in [4.69, 9.17) is 28.8 Å². The summed E-state index contributed by atoms with van der Waals surface area (Å²) in [5.74, 6) is 1.58. The minimum Gasteiger partial charge on any atom is -0.455 e. The molecular formula is C52H31N5O2Si. The topological polar surface area (TPSA) is 82.8 Å². The Bertz CT molecular complexity index is 3570. The van der Waals surface area contributed by atoms with Gasteiger partial charge in [-0.15, -0.1) is 0 Å². The van der Waals surface area contributed by atoms with Crippen LogP contribution < -0.4 is 21.0 Å². The molecule has 0 aliphatic carbocycles. The lowest BCUT2D eigenvalue weighted by Crippen LogP contribution is -2.73. The predicted molar refractivity (Wildman–Crippen MR) is 242 cm³/mol. The number of fused-ring (bicyclic) bond motifs is 11. The third-order valence-electron chi connectivity index (χ3n) is 12.1. The van der Waals surface area contributed by atoms with Crippen molar-refractivity contribution >= 4 is 84.0 Å². The van der Waals surface area contributed by atoms with E-state index in [1.54, 1.807) is 0 Å². The van der Waals surface area contributed by atoms with Gasteiger partial charge in [0.15, 0.2) is 17.5 Å². The van der Waals surface area contributed by atoms with Crippen molar-refractivity contribution in [3.63, 3.8) is 0 Å². The van der Waals surface area contributed by atoms with E-state index in [1.165, 1.54) is 21.2 Å². The van der Waals surface area contributed by atoms with Crippen molar-refractivity contribution in [3.05, 3.63) is 188 Å². The second kappa shape index (κ2) is 12.5. The van der Waals surface area contributed by atoms with E-state index in [2.05, 4.69) is 132 Å². The smallest absolute Gasteiger partial charge is 0.226 e. The Morgan fingerprint density at radius 2 is 0.967 bits per heavy atom. The maximum Gasteiger partial charge on any atom is 0.226 e. The molecule has 0 saturated heterocycles. The molecule has 1 aliphatic rings. The number of hydrogen-bond acceptors (Lipinski definition) is 6. The Morgan fingerprint density at radius 3 is 1.68 bits per heavy atom. The van der Waals surface area contributed by atoms with E-state index < -0.39 is 8.07 Å². The van der Waals surface area contributed by atoms with Gasteiger partial charge in [0.05, 0.1) is 22.2 Å². The van der Waals surface area contributed by atoms with Crippen molar-refractivity contribution in [1.29, 1.82) is 0 Å². The largest absolute Gasteiger partial charge is 0.455 e. The molecule has 1 aliphatic heterocycles. The van der Waals surface area contributed by atoms with Crippen LogP contribution in [-0.2, 0) is 0 Å². The van der Waals surface area contributed by atoms with E-state index >= 15 is 0 Å². The van der Waals surface area contributed by atoms with Gasteiger partial charge in [0, 0.05) is 32.8 Å². The van der Waals surface area contributed by atoms with Crippen LogP contribution in [0, 0.1) is 0 Å². The lowest BCUT2D eigenvalue weighted by molar-refractivity contribution is 0.669. The van der Waals surface area contributed by atoms with Crippen molar-refractivity contribution in [2.45, 2.75) is 0 Å². The maximum absolute atomic E-state index is 6.56. The molecule has 280 valence electrons. The lowest BCUT2D eigenvalue weighted by atomic mass is 10.1. The number of furan rings is 2. The van der Waals surface area contributed by atoms with Gasteiger partial charge in [-0.2, -0.15) is 0 Å². The first-order valence-corrected chi connectivity index (χ1v) is 22.1. The molecule has 13 rings (SSSR count). The zero-order valence-electron chi connectivity index (χ0n) is 32.0. The van der Waals surface area contributed by atoms with Gasteiger partial charge in [0.1, 0.15) is 27.8 Å². The van der Waals surface area contributed by atoms with Gasteiger partial charge in [-0.05, 0) is 58.0 Å². The van der Waals surface area contributed by atoms with Crippen LogP contribution in [0.15, 0.2) is 197 Å². The standard InChI is InChI=1S/C52H31N5O2Si/c1-2-16-33(17-3-1)60(46-30-11-8-27-43(46)57-42-26-7-6-25-41(42)53-52(57)60)34-18-12-15-32(31-34)49-54-50(39-23-13-21-37-35-19-4-9-28-44(35)58-47(37)39)56-51(55-49)40-24-14-22-38-36-20-5-10-29-45(36)59-48(38)40/h1-31H. The molecule has 0 radical (unpaired) electrons. The molecule has 8 heteroatoms. The molecule has 60 heavy (non-hydrogen) atoms. The Kier molecular flexibility index (Phi) is 6.90. The fraction of sp³-hybridized carbons (Fsp3) is 0. The normalized spacial score (nSPS) is 14.7. The van der Waals surface area contributed by atoms with Gasteiger partial charge in [-0.3, -0.25) is 4.57 Å². The Labute approximate surface area is 343 Å². The minimum atomic E-state index is -2.99. The summed E-state index contributed by atoms with van der Waals surface area (Å²) in [4.78, 5) is 21.3. The van der Waals surface area contributed by atoms with Crippen molar-refractivity contribution in [2.24, 2.45) is 0 Å². The van der Waals surface area contributed by atoms with E-state index in [0.717, 1.165) is 77.0 Å². The van der Waals surface area contributed by atoms with Crippen molar-refractivity contribution in [1.82, 2.24) is 24.5 Å². The molecule has 7 nitrogen and oxygen atoms in total. The third kappa shape index (κ3) is 4.59. The summed E-state index contributed by atoms with van der Waals surface area (Å²) in [6, 6.07) is 65.5. The van der Waals surface area contributed by atoms with Gasteiger partial charge in [-0.1, -0.05) is 146 Å². The quantitative estimate of drug-likeness (QED) is 0.162. The third-order valence-corrected chi connectivity index (χ3v) is 16.7. The molecule has 0 amide bonds. The van der Waals surface area contributed by atoms with Crippen LogP contribution in [-0.4, -0.2) is 32.6 Å². The molecule has 0 saturated carbocycles. The first kappa shape index (κ1) is 33.1. The highest BCUT2D eigenvalue weighted by Gasteiger charge is 2.52. The van der Waals surface area contributed by atoms with E-state index in [1.807, 2.05) is 60.7 Å². The van der Waals surface area contributed by atoms with Gasteiger partial charge in [-0.25, -0.2) is 19.9 Å². The Balaban J connectivity index is 1.08. The average molecular weight is 786 g/mol. The molecule has 0 fully saturated rings. The number of rotatable bonds is 5. The SMILES string of the molecule is c1ccc([Si]2(c3cccc(-c4nc(-c5cccc6c5oc5ccccc56)nc(-c5cccc6c5oc5ccccc56)n4)c3)c3ccccc3-n3c2nc2ccccc23)cc1. The summed E-state index contributed by atoms with van der Waals surface area (Å²) in [5.41, 5.74) is 9.88. The summed E-state index contributed by atoms with van der Waals surface area (Å²) in [7, 11) is -2.99. The Morgan fingerprint density at radius 1 is 0.417 bits per heavy atom. The predicted octanol–water partition coefficient (Wildman–Crippen LogP) is 9.70. The molecular weight excluding hydrogens is 755 g/mol. The van der Waals surface area contributed by atoms with Crippen LogP contribution in [0.1, 0.15) is 0 Å². The molecule has 8 aromatic carbocycles. The summed E-state index contributed by atoms with van der Waals surface area (Å²) in [6.07, 6.45) is 0. The van der Waals surface area contributed by atoms with Crippen molar-refractivity contribution in [3.8, 4) is 39.9 Å². The number of nitrogens with zero attached hydrogens (tertiary/aromatic N) is 5. The lowest BCUT2D eigenvalue weighted by Gasteiger charge is -2.28. The van der Waals surface area contributed by atoms with Crippen LogP contribution in [0.4, 0.5) is 0 Å². The minimum absolute atomic E-state index is 0.515. The average Bonchev–Trinajstić information content (AvgIpc) is 4.07. The zero-order chi connectivity index (χ0) is 39.4. The van der Waals surface area contributed by atoms with Crippen LogP contribution in [0.2, 0.25) is 0 Å². The first-order valence-electron chi connectivity index (χ1n) is 20.1. The molecule has 0 bridgehead atoms. The number of aromatic nitrogens is 5. The summed E-state index contributed by atoms with van der Waals surface area (Å²) in [6.45, 7) is 0. The summed E-state index contributed by atoms with van der Waals surface area (Å²) < 4.78 is 15.5. The maximum atomic E-state index is 6.56. The van der Waals surface area contributed by atoms with Crippen LogP contribution in [0.5, 0.6) is 0 Å². The molecule has 5 heterocycles. The highest BCUT2D eigenvalue weighted by Crippen LogP contribution is 2.38. The van der Waals surface area contributed by atoms with Crippen molar-refractivity contribution < 1.29 is 8.83 Å². The van der Waals surface area contributed by atoms with E-state index in [-0.39, 0.29) is 0 Å². The molecule has 12 aromatic rings. The molecule has 4 aromatic heterocycles. The van der Waals surface area contributed by atoms with E-state index in [0.29, 0.717) is 17.5 Å². The molecule has 1 unspecified atom stereocenters. The number of benzene rings is 8. The first-order chi connectivity index (χ1) is 29.7. The summed E-state index contributed by atoms with van der Waals surface area (Å²) in [5, 5.41) is 7.85. The fourth-order valence-corrected chi connectivity index (χ4v) is 14.4. The summed E-state index contributed by atoms with van der Waals surface area (Å²) >= 11 is 0. The van der Waals surface area contributed by atoms with Gasteiger partial charge in [0.25, 0.3) is 0 Å². The highest BCUT2D eigenvalue weighted by atomic mass is 28.3. The second-order valence-electron chi connectivity index (χ2n) is 15.3. The zero-order valence-corrected chi connectivity index (χ0v) is 33.0. The van der Waals surface area contributed by atoms with Crippen LogP contribution in [0.3, 0.4) is 0 Å². The highest BCUT2D eigenvalue weighted by molar-refractivity contribution is 7.20. The van der Waals surface area contributed by atoms with Crippen LogP contribution in [0.25, 0.3) is 94.8 Å². The number of hydrogen-bond donors (Lipinski definition) is 0. The van der Waals surface area contributed by atoms with Crippen LogP contribution >= 0.6 is 0 Å². The number of para-hydroxylation sites is 7. The van der Waals surface area contributed by atoms with Gasteiger partial charge >= 0.3 is 0 Å². The second-order valence-corrected chi connectivity index (χ2v) is 19.0. The monoisotopic (exact) mass is 785 g/mol. The number of imidazole rings is 1. The van der Waals surface area contributed by atoms with Gasteiger partial charge < -0.3 is 8.83 Å². The fourth-order valence-electron chi connectivity index (χ4n) is 9.54. The molecule has 0 N–H and O–H groups in total.